The molecule has 0 saturated carbocycles. The van der Waals surface area contributed by atoms with Crippen LogP contribution in [0.2, 0.25) is 0 Å². The van der Waals surface area contributed by atoms with Gasteiger partial charge >= 0.3 is 0 Å². The summed E-state index contributed by atoms with van der Waals surface area (Å²) in [7, 11) is 0. The number of nitro groups is 1. The lowest BCUT2D eigenvalue weighted by atomic mass is 10.1. The first-order valence-corrected chi connectivity index (χ1v) is 9.68. The summed E-state index contributed by atoms with van der Waals surface area (Å²) < 4.78 is 5.34. The Hall–Kier alpha value is -3.46. The number of aryl methyl sites for hydroxylation is 1. The molecule has 3 rings (SSSR count). The molecule has 0 radical (unpaired) electrons. The van der Waals surface area contributed by atoms with Gasteiger partial charge < -0.3 is 14.6 Å². The van der Waals surface area contributed by atoms with Crippen LogP contribution in [0.15, 0.2) is 58.5 Å². The largest absolute Gasteiger partial charge is 0.467 e. The van der Waals surface area contributed by atoms with Crippen LogP contribution in [0.25, 0.3) is 0 Å². The van der Waals surface area contributed by atoms with Crippen LogP contribution in [0.4, 0.5) is 5.69 Å². The Kier molecular flexibility index (Phi) is 6.40. The second kappa shape index (κ2) is 9.16. The molecular formula is C20H19N3O5S. The Morgan fingerprint density at radius 2 is 2.03 bits per heavy atom. The van der Waals surface area contributed by atoms with E-state index < -0.39 is 10.8 Å². The van der Waals surface area contributed by atoms with Crippen molar-refractivity contribution in [2.45, 2.75) is 20.0 Å². The number of carbonyl (C=O) groups excluding carboxylic acids is 2. The highest BCUT2D eigenvalue weighted by molar-refractivity contribution is 7.09. The molecule has 1 aromatic carbocycles. The van der Waals surface area contributed by atoms with Gasteiger partial charge in [0.2, 0.25) is 5.91 Å². The third kappa shape index (κ3) is 5.29. The van der Waals surface area contributed by atoms with Crippen molar-refractivity contribution in [1.82, 2.24) is 10.2 Å². The van der Waals surface area contributed by atoms with Crippen LogP contribution in [0, 0.1) is 17.0 Å². The van der Waals surface area contributed by atoms with E-state index in [1.165, 1.54) is 18.2 Å². The molecule has 2 amide bonds. The molecule has 0 saturated heterocycles. The number of thiophene rings is 1. The molecule has 0 aliphatic heterocycles. The predicted molar refractivity (Wildman–Crippen MR) is 107 cm³/mol. The molecule has 2 aromatic heterocycles. The van der Waals surface area contributed by atoms with E-state index in [0.29, 0.717) is 17.9 Å². The fraction of sp³-hybridized carbons (Fsp3) is 0.200. The average molecular weight is 413 g/mol. The quantitative estimate of drug-likeness (QED) is 0.449. The van der Waals surface area contributed by atoms with E-state index in [1.54, 1.807) is 41.6 Å². The zero-order valence-electron chi connectivity index (χ0n) is 15.7. The Morgan fingerprint density at radius 3 is 2.66 bits per heavy atom. The second-order valence-electron chi connectivity index (χ2n) is 6.35. The number of nitro benzene ring substituents is 1. The summed E-state index contributed by atoms with van der Waals surface area (Å²) in [5.74, 6) is -0.0839. The molecular weight excluding hydrogens is 394 g/mol. The molecule has 1 N–H and O–H groups in total. The summed E-state index contributed by atoms with van der Waals surface area (Å²) >= 11 is 1.54. The predicted octanol–water partition coefficient (Wildman–Crippen LogP) is 3.52. The first kappa shape index (κ1) is 20.3. The van der Waals surface area contributed by atoms with Crippen LogP contribution in [-0.2, 0) is 17.9 Å². The van der Waals surface area contributed by atoms with Crippen LogP contribution < -0.4 is 5.32 Å². The zero-order chi connectivity index (χ0) is 20.8. The number of benzene rings is 1. The highest BCUT2D eigenvalue weighted by Gasteiger charge is 2.19. The first-order chi connectivity index (χ1) is 13.9. The van der Waals surface area contributed by atoms with Gasteiger partial charge in [-0.1, -0.05) is 6.07 Å². The fourth-order valence-electron chi connectivity index (χ4n) is 2.78. The minimum absolute atomic E-state index is 0.0572. The molecule has 0 aliphatic carbocycles. The Balaban J connectivity index is 1.65. The molecule has 0 fully saturated rings. The summed E-state index contributed by atoms with van der Waals surface area (Å²) in [6.45, 7) is 2.06. The monoisotopic (exact) mass is 413 g/mol. The number of amides is 2. The molecule has 0 spiro atoms. The van der Waals surface area contributed by atoms with Crippen molar-refractivity contribution in [2.24, 2.45) is 0 Å². The number of nitrogens with one attached hydrogen (secondary N) is 1. The molecule has 2 heterocycles. The number of rotatable bonds is 8. The van der Waals surface area contributed by atoms with E-state index in [9.17, 15) is 19.7 Å². The van der Waals surface area contributed by atoms with Gasteiger partial charge in [0.25, 0.3) is 11.6 Å². The lowest BCUT2D eigenvalue weighted by Crippen LogP contribution is -2.39. The van der Waals surface area contributed by atoms with Crippen LogP contribution in [-0.4, -0.2) is 28.2 Å². The van der Waals surface area contributed by atoms with Crippen LogP contribution >= 0.6 is 11.3 Å². The van der Waals surface area contributed by atoms with E-state index in [1.807, 2.05) is 17.5 Å². The normalized spacial score (nSPS) is 10.5. The van der Waals surface area contributed by atoms with Crippen molar-refractivity contribution < 1.29 is 18.9 Å². The van der Waals surface area contributed by atoms with Crippen molar-refractivity contribution in [1.29, 1.82) is 0 Å². The van der Waals surface area contributed by atoms with Crippen molar-refractivity contribution >= 4 is 28.8 Å². The number of hydrogen-bond acceptors (Lipinski definition) is 6. The summed E-state index contributed by atoms with van der Waals surface area (Å²) in [5, 5.41) is 15.4. The molecule has 0 atom stereocenters. The molecule has 3 aromatic rings. The standard InChI is InChI=1S/C20H19N3O5S/c1-14-10-15(6-7-18(14)23(26)27)20(25)21-11-19(24)22(12-16-4-2-8-28-16)13-17-5-3-9-29-17/h2-10H,11-13H2,1H3,(H,21,25). The van der Waals surface area contributed by atoms with Gasteiger partial charge in [-0.3, -0.25) is 19.7 Å². The van der Waals surface area contributed by atoms with Crippen molar-refractivity contribution in [3.8, 4) is 0 Å². The van der Waals surface area contributed by atoms with E-state index in [0.717, 1.165) is 4.88 Å². The van der Waals surface area contributed by atoms with Crippen molar-refractivity contribution in [3.05, 3.63) is 86.0 Å². The van der Waals surface area contributed by atoms with Gasteiger partial charge in [0.1, 0.15) is 5.76 Å². The minimum atomic E-state index is -0.502. The van der Waals surface area contributed by atoms with Crippen LogP contribution in [0.1, 0.15) is 26.6 Å². The third-order valence-corrected chi connectivity index (χ3v) is 5.12. The number of hydrogen-bond donors (Lipinski definition) is 1. The number of nitrogens with zero attached hydrogens (tertiary/aromatic N) is 2. The van der Waals surface area contributed by atoms with Crippen LogP contribution in [0.3, 0.4) is 0 Å². The Bertz CT molecular complexity index is 963. The van der Waals surface area contributed by atoms with Gasteiger partial charge in [0.05, 0.1) is 30.8 Å². The topological polar surface area (TPSA) is 106 Å². The maximum atomic E-state index is 12.7. The molecule has 150 valence electrons. The summed E-state index contributed by atoms with van der Waals surface area (Å²) in [5.41, 5.74) is 0.584. The maximum absolute atomic E-state index is 12.7. The van der Waals surface area contributed by atoms with Crippen molar-refractivity contribution in [2.75, 3.05) is 6.54 Å². The highest BCUT2D eigenvalue weighted by atomic mass is 32.1. The summed E-state index contributed by atoms with van der Waals surface area (Å²) in [4.78, 5) is 38.1. The SMILES string of the molecule is Cc1cc(C(=O)NCC(=O)N(Cc2ccco2)Cc2cccs2)ccc1[N+](=O)[O-]. The number of furan rings is 1. The third-order valence-electron chi connectivity index (χ3n) is 4.26. The van der Waals surface area contributed by atoms with Gasteiger partial charge in [-0.05, 0) is 42.6 Å². The van der Waals surface area contributed by atoms with E-state index in [-0.39, 0.29) is 30.2 Å². The molecule has 9 heteroatoms. The van der Waals surface area contributed by atoms with Gasteiger partial charge in [0, 0.05) is 22.1 Å². The van der Waals surface area contributed by atoms with E-state index in [2.05, 4.69) is 5.32 Å². The molecule has 0 aliphatic rings. The molecule has 8 nitrogen and oxygen atoms in total. The average Bonchev–Trinajstić information content (AvgIpc) is 3.39. The summed E-state index contributed by atoms with van der Waals surface area (Å²) in [6.07, 6.45) is 1.54. The smallest absolute Gasteiger partial charge is 0.272 e. The lowest BCUT2D eigenvalue weighted by Gasteiger charge is -2.21. The molecule has 0 unspecified atom stereocenters. The van der Waals surface area contributed by atoms with Gasteiger partial charge in [-0.25, -0.2) is 0 Å². The Morgan fingerprint density at radius 1 is 1.21 bits per heavy atom. The highest BCUT2D eigenvalue weighted by Crippen LogP contribution is 2.19. The van der Waals surface area contributed by atoms with E-state index in [4.69, 9.17) is 4.42 Å². The Labute approximate surface area is 170 Å². The van der Waals surface area contributed by atoms with E-state index >= 15 is 0 Å². The minimum Gasteiger partial charge on any atom is -0.467 e. The summed E-state index contributed by atoms with van der Waals surface area (Å²) in [6, 6.07) is 11.5. The van der Waals surface area contributed by atoms with Crippen molar-refractivity contribution in [3.63, 3.8) is 0 Å². The molecule has 29 heavy (non-hydrogen) atoms. The fourth-order valence-corrected chi connectivity index (χ4v) is 3.50. The van der Waals surface area contributed by atoms with Gasteiger partial charge in [-0.15, -0.1) is 11.3 Å². The zero-order valence-corrected chi connectivity index (χ0v) is 16.5. The van der Waals surface area contributed by atoms with Crippen LogP contribution in [0.5, 0.6) is 0 Å². The lowest BCUT2D eigenvalue weighted by molar-refractivity contribution is -0.385. The first-order valence-electron chi connectivity index (χ1n) is 8.80. The van der Waals surface area contributed by atoms with Gasteiger partial charge in [0.15, 0.2) is 0 Å². The second-order valence-corrected chi connectivity index (χ2v) is 7.38. The molecule has 0 bridgehead atoms. The maximum Gasteiger partial charge on any atom is 0.272 e. The number of carbonyl (C=O) groups is 2. The van der Waals surface area contributed by atoms with Gasteiger partial charge in [-0.2, -0.15) is 0 Å².